The molecule has 0 unspecified atom stereocenters. The van der Waals surface area contributed by atoms with Crippen molar-refractivity contribution < 1.29 is 9.85 Å². The summed E-state index contributed by atoms with van der Waals surface area (Å²) in [6, 6.07) is 3.47. The highest BCUT2D eigenvalue weighted by Crippen LogP contribution is 2.39. The van der Waals surface area contributed by atoms with E-state index in [2.05, 4.69) is 31.3 Å². The molecule has 8 heteroatoms. The van der Waals surface area contributed by atoms with Crippen LogP contribution in [0.5, 0.6) is 0 Å². The first-order valence-electron chi connectivity index (χ1n) is 6.95. The predicted octanol–water partition coefficient (Wildman–Crippen LogP) is 3.73. The van der Waals surface area contributed by atoms with Crippen LogP contribution in [0.15, 0.2) is 23.3 Å². The van der Waals surface area contributed by atoms with Crippen LogP contribution in [-0.4, -0.2) is 15.6 Å². The molecule has 1 aromatic carbocycles. The molecule has 1 aliphatic rings. The van der Waals surface area contributed by atoms with Crippen LogP contribution in [0.2, 0.25) is 0 Å². The third-order valence-corrected chi connectivity index (χ3v) is 3.80. The van der Waals surface area contributed by atoms with Gasteiger partial charge < -0.3 is 0 Å². The van der Waals surface area contributed by atoms with E-state index in [0.717, 1.165) is 24.6 Å². The van der Waals surface area contributed by atoms with Crippen molar-refractivity contribution in [2.45, 2.75) is 33.6 Å². The molecule has 0 radical (unpaired) electrons. The Bertz CT molecular complexity index is 654. The molecule has 0 amide bonds. The zero-order chi connectivity index (χ0) is 16.5. The largest absolute Gasteiger partial charge is 0.301 e. The van der Waals surface area contributed by atoms with E-state index in [1.165, 1.54) is 12.1 Å². The minimum Gasteiger partial charge on any atom is -0.272 e. The van der Waals surface area contributed by atoms with Crippen molar-refractivity contribution >= 4 is 22.8 Å². The molecule has 0 aliphatic heterocycles. The van der Waals surface area contributed by atoms with E-state index in [-0.39, 0.29) is 22.5 Å². The second-order valence-corrected chi connectivity index (χ2v) is 6.38. The number of hydrogen-bond donors (Lipinski definition) is 1. The van der Waals surface area contributed by atoms with Crippen LogP contribution < -0.4 is 5.43 Å². The number of non-ortho nitro benzene ring substituents is 1. The lowest BCUT2D eigenvalue weighted by Gasteiger charge is -2.14. The third-order valence-electron chi connectivity index (χ3n) is 3.80. The quantitative estimate of drug-likeness (QED) is 0.673. The topological polar surface area (TPSA) is 111 Å². The summed E-state index contributed by atoms with van der Waals surface area (Å²) in [5.74, 6) is 0.305. The second kappa shape index (κ2) is 5.70. The minimum atomic E-state index is -0.662. The van der Waals surface area contributed by atoms with Gasteiger partial charge in [-0.05, 0) is 30.2 Å². The van der Waals surface area contributed by atoms with Gasteiger partial charge in [-0.2, -0.15) is 5.10 Å². The average molecular weight is 306 g/mol. The molecule has 118 valence electrons. The van der Waals surface area contributed by atoms with E-state index in [9.17, 15) is 20.2 Å². The van der Waals surface area contributed by atoms with Crippen molar-refractivity contribution in [3.63, 3.8) is 0 Å². The standard InChI is InChI=1S/C14H18N4O4/c1-9-7-14(2,3)8-12(9)16-15-11-5-4-10(17(19)20)6-13(11)18(21)22/h4-6,9,15H,7-8H2,1-3H3/b16-12-/t9-/m1/s1. The smallest absolute Gasteiger partial charge is 0.272 e. The highest BCUT2D eigenvalue weighted by molar-refractivity contribution is 5.90. The lowest BCUT2D eigenvalue weighted by molar-refractivity contribution is -0.393. The Morgan fingerprint density at radius 2 is 1.95 bits per heavy atom. The van der Waals surface area contributed by atoms with Crippen molar-refractivity contribution in [1.29, 1.82) is 0 Å². The van der Waals surface area contributed by atoms with Crippen molar-refractivity contribution in [2.24, 2.45) is 16.4 Å². The molecule has 0 heterocycles. The van der Waals surface area contributed by atoms with Gasteiger partial charge in [-0.15, -0.1) is 0 Å². The summed E-state index contributed by atoms with van der Waals surface area (Å²) in [5, 5.41) is 26.0. The van der Waals surface area contributed by atoms with E-state index < -0.39 is 9.85 Å². The average Bonchev–Trinajstić information content (AvgIpc) is 2.68. The van der Waals surface area contributed by atoms with Crippen molar-refractivity contribution in [2.75, 3.05) is 5.43 Å². The molecular formula is C14H18N4O4. The number of anilines is 1. The number of hydrogen-bond acceptors (Lipinski definition) is 6. The van der Waals surface area contributed by atoms with Gasteiger partial charge in [0.25, 0.3) is 5.69 Å². The number of rotatable bonds is 4. The summed E-state index contributed by atoms with van der Waals surface area (Å²) in [4.78, 5) is 20.4. The van der Waals surface area contributed by atoms with Gasteiger partial charge >= 0.3 is 5.69 Å². The Labute approximate surface area is 127 Å². The highest BCUT2D eigenvalue weighted by Gasteiger charge is 2.33. The fourth-order valence-electron chi connectivity index (χ4n) is 2.84. The van der Waals surface area contributed by atoms with E-state index in [0.29, 0.717) is 5.92 Å². The molecule has 1 saturated carbocycles. The summed E-state index contributed by atoms with van der Waals surface area (Å²) in [7, 11) is 0. The lowest BCUT2D eigenvalue weighted by Crippen LogP contribution is -2.07. The van der Waals surface area contributed by atoms with Crippen LogP contribution in [0.1, 0.15) is 33.6 Å². The second-order valence-electron chi connectivity index (χ2n) is 6.38. The van der Waals surface area contributed by atoms with Crippen LogP contribution in [0.3, 0.4) is 0 Å². The number of benzene rings is 1. The summed E-state index contributed by atoms with van der Waals surface area (Å²) < 4.78 is 0. The first-order chi connectivity index (χ1) is 10.2. The lowest BCUT2D eigenvalue weighted by atomic mass is 9.91. The molecule has 1 fully saturated rings. The zero-order valence-corrected chi connectivity index (χ0v) is 12.7. The first kappa shape index (κ1) is 15.9. The molecule has 0 bridgehead atoms. The van der Waals surface area contributed by atoms with Gasteiger partial charge in [0, 0.05) is 11.8 Å². The SMILES string of the molecule is C[C@@H]1CC(C)(C)C/C1=N/Nc1ccc([N+](=O)[O-])cc1[N+](=O)[O-]. The Morgan fingerprint density at radius 3 is 2.45 bits per heavy atom. The monoisotopic (exact) mass is 306 g/mol. The van der Waals surface area contributed by atoms with Crippen molar-refractivity contribution in [1.82, 2.24) is 0 Å². The zero-order valence-electron chi connectivity index (χ0n) is 12.7. The fourth-order valence-corrected chi connectivity index (χ4v) is 2.84. The normalized spacial score (nSPS) is 21.8. The fraction of sp³-hybridized carbons (Fsp3) is 0.500. The van der Waals surface area contributed by atoms with Gasteiger partial charge in [-0.25, -0.2) is 0 Å². The molecule has 22 heavy (non-hydrogen) atoms. The third kappa shape index (κ3) is 3.38. The van der Waals surface area contributed by atoms with Gasteiger partial charge in [0.15, 0.2) is 0 Å². The number of nitrogens with one attached hydrogen (secondary N) is 1. The van der Waals surface area contributed by atoms with Gasteiger partial charge in [0.05, 0.1) is 15.9 Å². The molecule has 1 N–H and O–H groups in total. The highest BCUT2D eigenvalue weighted by atomic mass is 16.6. The van der Waals surface area contributed by atoms with E-state index in [1.54, 1.807) is 0 Å². The maximum atomic E-state index is 11.1. The van der Waals surface area contributed by atoms with Gasteiger partial charge in [-0.1, -0.05) is 20.8 Å². The predicted molar refractivity (Wildman–Crippen MR) is 83.0 cm³/mol. The Morgan fingerprint density at radius 1 is 1.27 bits per heavy atom. The van der Waals surface area contributed by atoms with Crippen LogP contribution in [0.4, 0.5) is 17.1 Å². The van der Waals surface area contributed by atoms with E-state index in [4.69, 9.17) is 0 Å². The van der Waals surface area contributed by atoms with Crippen LogP contribution in [0.25, 0.3) is 0 Å². The summed E-state index contributed by atoms with van der Waals surface area (Å²) in [6.45, 7) is 6.38. The van der Waals surface area contributed by atoms with Crippen LogP contribution in [0, 0.1) is 31.6 Å². The molecular weight excluding hydrogens is 288 g/mol. The molecule has 0 saturated heterocycles. The van der Waals surface area contributed by atoms with Crippen molar-refractivity contribution in [3.05, 3.63) is 38.4 Å². The van der Waals surface area contributed by atoms with E-state index in [1.807, 2.05) is 0 Å². The molecule has 1 atom stereocenters. The Balaban J connectivity index is 2.27. The Kier molecular flexibility index (Phi) is 4.11. The van der Waals surface area contributed by atoms with Gasteiger partial charge in [0.1, 0.15) is 5.69 Å². The minimum absolute atomic E-state index is 0.153. The maximum absolute atomic E-state index is 11.1. The van der Waals surface area contributed by atoms with Crippen LogP contribution in [-0.2, 0) is 0 Å². The molecule has 1 aliphatic carbocycles. The Hall–Kier alpha value is -2.51. The number of nitrogens with zero attached hydrogens (tertiary/aromatic N) is 3. The van der Waals surface area contributed by atoms with Crippen LogP contribution >= 0.6 is 0 Å². The van der Waals surface area contributed by atoms with Gasteiger partial charge in [-0.3, -0.25) is 25.7 Å². The number of hydrazone groups is 1. The van der Waals surface area contributed by atoms with Gasteiger partial charge in [0.2, 0.25) is 0 Å². The van der Waals surface area contributed by atoms with Crippen molar-refractivity contribution in [3.8, 4) is 0 Å². The number of nitro groups is 2. The van der Waals surface area contributed by atoms with E-state index >= 15 is 0 Å². The molecule has 8 nitrogen and oxygen atoms in total. The maximum Gasteiger partial charge on any atom is 0.301 e. The molecule has 0 aromatic heterocycles. The molecule has 0 spiro atoms. The molecule has 1 aromatic rings. The number of nitro benzene ring substituents is 2. The summed E-state index contributed by atoms with van der Waals surface area (Å²) >= 11 is 0. The summed E-state index contributed by atoms with van der Waals surface area (Å²) in [6.07, 6.45) is 1.83. The summed E-state index contributed by atoms with van der Waals surface area (Å²) in [5.41, 5.74) is 3.29. The molecule has 2 rings (SSSR count). The first-order valence-corrected chi connectivity index (χ1v) is 6.95.